The van der Waals surface area contributed by atoms with Crippen LogP contribution in [-0.4, -0.2) is 20.9 Å². The molecule has 0 bridgehead atoms. The third-order valence-corrected chi connectivity index (χ3v) is 2.62. The molecule has 0 saturated heterocycles. The molecule has 0 unspecified atom stereocenters. The molecule has 0 saturated carbocycles. The molecule has 18 heavy (non-hydrogen) atoms. The van der Waals surface area contributed by atoms with Gasteiger partial charge in [0.05, 0.1) is 5.69 Å². The highest BCUT2D eigenvalue weighted by Gasteiger charge is 2.14. The fourth-order valence-corrected chi connectivity index (χ4v) is 1.88. The summed E-state index contributed by atoms with van der Waals surface area (Å²) in [7, 11) is 0. The molecule has 2 aromatic rings. The number of rotatable bonds is 4. The SMILES string of the molecule is CC(C)Cc1cc(C(=O)O)nn1-c1ccccc1. The molecule has 4 heteroatoms. The normalized spacial score (nSPS) is 10.8. The fraction of sp³-hybridized carbons (Fsp3) is 0.286. The molecule has 2 rings (SSSR count). The summed E-state index contributed by atoms with van der Waals surface area (Å²) in [5, 5.41) is 13.2. The number of carboxylic acid groups (broad SMARTS) is 1. The second kappa shape index (κ2) is 5.04. The van der Waals surface area contributed by atoms with Crippen LogP contribution in [-0.2, 0) is 6.42 Å². The molecule has 0 fully saturated rings. The van der Waals surface area contributed by atoms with Crippen molar-refractivity contribution in [1.82, 2.24) is 9.78 Å². The van der Waals surface area contributed by atoms with Gasteiger partial charge in [-0.3, -0.25) is 0 Å². The molecule has 1 aromatic carbocycles. The Kier molecular flexibility index (Phi) is 3.46. The Hall–Kier alpha value is -2.10. The molecule has 0 radical (unpaired) electrons. The van der Waals surface area contributed by atoms with E-state index in [1.165, 1.54) is 0 Å². The monoisotopic (exact) mass is 244 g/mol. The summed E-state index contributed by atoms with van der Waals surface area (Å²) in [5.74, 6) is -0.541. The summed E-state index contributed by atoms with van der Waals surface area (Å²) in [6.07, 6.45) is 0.801. The number of nitrogens with zero attached hydrogens (tertiary/aromatic N) is 2. The van der Waals surface area contributed by atoms with Crippen LogP contribution in [0.15, 0.2) is 36.4 Å². The molecule has 0 aliphatic heterocycles. The lowest BCUT2D eigenvalue weighted by atomic mass is 10.1. The van der Waals surface area contributed by atoms with E-state index in [0.717, 1.165) is 17.8 Å². The summed E-state index contributed by atoms with van der Waals surface area (Å²) in [6.45, 7) is 4.20. The van der Waals surface area contributed by atoms with Crippen LogP contribution in [0, 0.1) is 5.92 Å². The first-order chi connectivity index (χ1) is 8.58. The summed E-state index contributed by atoms with van der Waals surface area (Å²) < 4.78 is 1.71. The average molecular weight is 244 g/mol. The Labute approximate surface area is 106 Å². The van der Waals surface area contributed by atoms with Crippen LogP contribution in [0.3, 0.4) is 0 Å². The predicted octanol–water partition coefficient (Wildman–Crippen LogP) is 2.77. The Morgan fingerprint density at radius 3 is 2.56 bits per heavy atom. The standard InChI is InChI=1S/C14H16N2O2/c1-10(2)8-12-9-13(14(17)18)15-16(12)11-6-4-3-5-7-11/h3-7,9-10H,8H2,1-2H3,(H,17,18). The number of hydrogen-bond acceptors (Lipinski definition) is 2. The molecule has 1 aromatic heterocycles. The zero-order valence-electron chi connectivity index (χ0n) is 10.5. The van der Waals surface area contributed by atoms with E-state index in [1.54, 1.807) is 10.7 Å². The van der Waals surface area contributed by atoms with Crippen LogP contribution < -0.4 is 0 Å². The van der Waals surface area contributed by atoms with Crippen LogP contribution in [0.4, 0.5) is 0 Å². The molecule has 94 valence electrons. The smallest absolute Gasteiger partial charge is 0.356 e. The van der Waals surface area contributed by atoms with Gasteiger partial charge in [-0.15, -0.1) is 0 Å². The average Bonchev–Trinajstić information content (AvgIpc) is 2.73. The van der Waals surface area contributed by atoms with E-state index in [4.69, 9.17) is 5.11 Å². The van der Waals surface area contributed by atoms with E-state index in [-0.39, 0.29) is 5.69 Å². The van der Waals surface area contributed by atoms with Crippen LogP contribution in [0.1, 0.15) is 30.0 Å². The first-order valence-electron chi connectivity index (χ1n) is 5.95. The summed E-state index contributed by atoms with van der Waals surface area (Å²) >= 11 is 0. The van der Waals surface area contributed by atoms with E-state index in [9.17, 15) is 4.79 Å². The quantitative estimate of drug-likeness (QED) is 0.899. The Bertz CT molecular complexity index is 544. The van der Waals surface area contributed by atoms with Crippen molar-refractivity contribution in [1.29, 1.82) is 0 Å². The Morgan fingerprint density at radius 1 is 1.33 bits per heavy atom. The zero-order valence-corrected chi connectivity index (χ0v) is 10.5. The van der Waals surface area contributed by atoms with Gasteiger partial charge in [-0.2, -0.15) is 5.10 Å². The highest BCUT2D eigenvalue weighted by molar-refractivity contribution is 5.85. The van der Waals surface area contributed by atoms with E-state index in [2.05, 4.69) is 18.9 Å². The van der Waals surface area contributed by atoms with Crippen molar-refractivity contribution in [3.63, 3.8) is 0 Å². The van der Waals surface area contributed by atoms with E-state index < -0.39 is 5.97 Å². The second-order valence-corrected chi connectivity index (χ2v) is 4.67. The van der Waals surface area contributed by atoms with Crippen LogP contribution in [0.2, 0.25) is 0 Å². The third-order valence-electron chi connectivity index (χ3n) is 2.62. The van der Waals surface area contributed by atoms with Crippen molar-refractivity contribution in [2.24, 2.45) is 5.92 Å². The van der Waals surface area contributed by atoms with E-state index in [0.29, 0.717) is 5.92 Å². The number of hydrogen-bond donors (Lipinski definition) is 1. The number of para-hydroxylation sites is 1. The van der Waals surface area contributed by atoms with Crippen LogP contribution in [0.5, 0.6) is 0 Å². The predicted molar refractivity (Wildman–Crippen MR) is 69.1 cm³/mol. The van der Waals surface area contributed by atoms with Crippen molar-refractivity contribution < 1.29 is 9.90 Å². The minimum Gasteiger partial charge on any atom is -0.476 e. The summed E-state index contributed by atoms with van der Waals surface area (Å²) in [6, 6.07) is 11.2. The third kappa shape index (κ3) is 2.59. The molecule has 0 atom stereocenters. The maximum Gasteiger partial charge on any atom is 0.356 e. The van der Waals surface area contributed by atoms with Gasteiger partial charge in [0, 0.05) is 5.69 Å². The lowest BCUT2D eigenvalue weighted by Gasteiger charge is -2.08. The first-order valence-corrected chi connectivity index (χ1v) is 5.95. The molecule has 1 N–H and O–H groups in total. The van der Waals surface area contributed by atoms with Crippen molar-refractivity contribution in [2.75, 3.05) is 0 Å². The largest absolute Gasteiger partial charge is 0.476 e. The van der Waals surface area contributed by atoms with Gasteiger partial charge in [0.1, 0.15) is 0 Å². The highest BCUT2D eigenvalue weighted by Crippen LogP contribution is 2.16. The Morgan fingerprint density at radius 2 is 2.00 bits per heavy atom. The van der Waals surface area contributed by atoms with Crippen molar-refractivity contribution in [3.05, 3.63) is 47.8 Å². The van der Waals surface area contributed by atoms with E-state index in [1.807, 2.05) is 30.3 Å². The molecule has 4 nitrogen and oxygen atoms in total. The topological polar surface area (TPSA) is 55.1 Å². The maximum absolute atomic E-state index is 11.0. The number of aromatic carboxylic acids is 1. The summed E-state index contributed by atoms with van der Waals surface area (Å²) in [4.78, 5) is 11.0. The minimum absolute atomic E-state index is 0.0921. The minimum atomic E-state index is -0.991. The number of benzene rings is 1. The number of carbonyl (C=O) groups is 1. The van der Waals surface area contributed by atoms with Gasteiger partial charge in [0.15, 0.2) is 5.69 Å². The number of aromatic nitrogens is 2. The fourth-order valence-electron chi connectivity index (χ4n) is 1.88. The molecule has 0 spiro atoms. The molecule has 0 aliphatic rings. The lowest BCUT2D eigenvalue weighted by molar-refractivity contribution is 0.0690. The van der Waals surface area contributed by atoms with Crippen molar-refractivity contribution in [2.45, 2.75) is 20.3 Å². The van der Waals surface area contributed by atoms with Gasteiger partial charge in [0.2, 0.25) is 0 Å². The van der Waals surface area contributed by atoms with Crippen molar-refractivity contribution in [3.8, 4) is 5.69 Å². The van der Waals surface area contributed by atoms with E-state index >= 15 is 0 Å². The molecular formula is C14H16N2O2. The number of carboxylic acids is 1. The Balaban J connectivity index is 2.47. The van der Waals surface area contributed by atoms with Crippen LogP contribution >= 0.6 is 0 Å². The van der Waals surface area contributed by atoms with Gasteiger partial charge < -0.3 is 5.11 Å². The van der Waals surface area contributed by atoms with Gasteiger partial charge >= 0.3 is 5.97 Å². The summed E-state index contributed by atoms with van der Waals surface area (Å²) in [5.41, 5.74) is 1.91. The zero-order chi connectivity index (χ0) is 13.1. The van der Waals surface area contributed by atoms with Gasteiger partial charge in [-0.05, 0) is 30.5 Å². The van der Waals surface area contributed by atoms with Crippen molar-refractivity contribution >= 4 is 5.97 Å². The lowest BCUT2D eigenvalue weighted by Crippen LogP contribution is -2.05. The van der Waals surface area contributed by atoms with Gasteiger partial charge in [-0.25, -0.2) is 9.48 Å². The molecule has 1 heterocycles. The second-order valence-electron chi connectivity index (χ2n) is 4.67. The molecule has 0 aliphatic carbocycles. The van der Waals surface area contributed by atoms with Gasteiger partial charge in [-0.1, -0.05) is 32.0 Å². The molecular weight excluding hydrogens is 228 g/mol. The highest BCUT2D eigenvalue weighted by atomic mass is 16.4. The first kappa shape index (κ1) is 12.4. The maximum atomic E-state index is 11.0. The van der Waals surface area contributed by atoms with Crippen LogP contribution in [0.25, 0.3) is 5.69 Å². The van der Waals surface area contributed by atoms with Gasteiger partial charge in [0.25, 0.3) is 0 Å². The molecule has 0 amide bonds.